The van der Waals surface area contributed by atoms with E-state index >= 15 is 0 Å². The average Bonchev–Trinajstić information content (AvgIpc) is 2.30. The minimum absolute atomic E-state index is 0.226. The molecule has 1 aliphatic rings. The van der Waals surface area contributed by atoms with E-state index in [2.05, 4.69) is 5.92 Å². The molecule has 1 aliphatic carbocycles. The summed E-state index contributed by atoms with van der Waals surface area (Å²) in [5, 5.41) is 0. The van der Waals surface area contributed by atoms with Gasteiger partial charge in [0.25, 0.3) is 0 Å². The zero-order chi connectivity index (χ0) is 11.4. The maximum Gasteiger partial charge on any atom is 0.163 e. The van der Waals surface area contributed by atoms with Gasteiger partial charge in [-0.1, -0.05) is 6.07 Å². The summed E-state index contributed by atoms with van der Waals surface area (Å²) in [6.07, 6.45) is 8.34. The van der Waals surface area contributed by atoms with Crippen LogP contribution in [0.25, 0.3) is 0 Å². The van der Waals surface area contributed by atoms with Crippen molar-refractivity contribution in [3.63, 3.8) is 0 Å². The van der Waals surface area contributed by atoms with Gasteiger partial charge in [0.1, 0.15) is 5.75 Å². The molecule has 0 radical (unpaired) electrons. The standard InChI is InChI=1S/C14H14O2/c1-2-3-9-16-12-8-7-11-5-4-6-14(15)13(11)10-12/h1,7-8,10H,3-6,9H2. The highest BCUT2D eigenvalue weighted by molar-refractivity contribution is 5.98. The molecule has 0 atom stereocenters. The third-order valence-corrected chi connectivity index (χ3v) is 2.75. The Morgan fingerprint density at radius 2 is 2.25 bits per heavy atom. The van der Waals surface area contributed by atoms with E-state index in [1.165, 1.54) is 0 Å². The smallest absolute Gasteiger partial charge is 0.163 e. The Labute approximate surface area is 95.6 Å². The fourth-order valence-electron chi connectivity index (χ4n) is 1.92. The number of hydrogen-bond donors (Lipinski definition) is 0. The second-order valence-electron chi connectivity index (χ2n) is 3.90. The molecule has 16 heavy (non-hydrogen) atoms. The molecule has 0 saturated carbocycles. The van der Waals surface area contributed by atoms with E-state index in [0.717, 1.165) is 29.7 Å². The maximum atomic E-state index is 11.7. The van der Waals surface area contributed by atoms with Crippen LogP contribution in [0.2, 0.25) is 0 Å². The number of terminal acetylenes is 1. The number of carbonyl (C=O) groups excluding carboxylic acids is 1. The fraction of sp³-hybridized carbons (Fsp3) is 0.357. The van der Waals surface area contributed by atoms with Crippen LogP contribution in [-0.2, 0) is 6.42 Å². The van der Waals surface area contributed by atoms with E-state index in [9.17, 15) is 4.79 Å². The third kappa shape index (κ3) is 2.25. The van der Waals surface area contributed by atoms with Crippen molar-refractivity contribution in [3.8, 4) is 18.1 Å². The van der Waals surface area contributed by atoms with Crippen molar-refractivity contribution in [2.45, 2.75) is 25.7 Å². The Morgan fingerprint density at radius 3 is 3.06 bits per heavy atom. The van der Waals surface area contributed by atoms with Crippen molar-refractivity contribution >= 4 is 5.78 Å². The van der Waals surface area contributed by atoms with E-state index in [1.807, 2.05) is 18.2 Å². The predicted octanol–water partition coefficient (Wildman–Crippen LogP) is 2.61. The summed E-state index contributed by atoms with van der Waals surface area (Å²) >= 11 is 0. The molecule has 0 unspecified atom stereocenters. The van der Waals surface area contributed by atoms with Crippen LogP contribution in [0.15, 0.2) is 18.2 Å². The Bertz CT molecular complexity index is 441. The summed E-state index contributed by atoms with van der Waals surface area (Å²) < 4.78 is 5.47. The molecule has 0 aliphatic heterocycles. The van der Waals surface area contributed by atoms with Gasteiger partial charge in [0.2, 0.25) is 0 Å². The molecule has 2 nitrogen and oxygen atoms in total. The van der Waals surface area contributed by atoms with Crippen LogP contribution in [0.4, 0.5) is 0 Å². The lowest BCUT2D eigenvalue weighted by Gasteiger charge is -2.15. The molecule has 0 heterocycles. The Balaban J connectivity index is 2.15. The Hall–Kier alpha value is -1.75. The molecular formula is C14H14O2. The van der Waals surface area contributed by atoms with E-state index in [1.54, 1.807) is 0 Å². The molecule has 0 saturated heterocycles. The predicted molar refractivity (Wildman–Crippen MR) is 62.7 cm³/mol. The van der Waals surface area contributed by atoms with Crippen LogP contribution in [0.3, 0.4) is 0 Å². The average molecular weight is 214 g/mol. The van der Waals surface area contributed by atoms with Gasteiger partial charge < -0.3 is 4.74 Å². The van der Waals surface area contributed by atoms with Gasteiger partial charge in [-0.2, -0.15) is 0 Å². The Kier molecular flexibility index (Phi) is 3.26. The summed E-state index contributed by atoms with van der Waals surface area (Å²) in [6, 6.07) is 5.74. The van der Waals surface area contributed by atoms with E-state index in [0.29, 0.717) is 19.4 Å². The van der Waals surface area contributed by atoms with E-state index in [4.69, 9.17) is 11.2 Å². The zero-order valence-corrected chi connectivity index (χ0v) is 9.16. The number of fused-ring (bicyclic) bond motifs is 1. The van der Waals surface area contributed by atoms with Crippen LogP contribution >= 0.6 is 0 Å². The minimum Gasteiger partial charge on any atom is -0.493 e. The molecule has 0 N–H and O–H groups in total. The number of Topliss-reactive ketones (excluding diaryl/α,β-unsaturated/α-hetero) is 1. The molecule has 0 bridgehead atoms. The lowest BCUT2D eigenvalue weighted by molar-refractivity contribution is 0.0972. The maximum absolute atomic E-state index is 11.7. The van der Waals surface area contributed by atoms with Gasteiger partial charge in [-0.25, -0.2) is 0 Å². The van der Waals surface area contributed by atoms with Crippen LogP contribution in [-0.4, -0.2) is 12.4 Å². The molecule has 2 rings (SSSR count). The van der Waals surface area contributed by atoms with Crippen molar-refractivity contribution < 1.29 is 9.53 Å². The molecule has 2 heteroatoms. The van der Waals surface area contributed by atoms with E-state index in [-0.39, 0.29) is 5.78 Å². The van der Waals surface area contributed by atoms with Gasteiger partial charge in [0.05, 0.1) is 6.61 Å². The first-order chi connectivity index (χ1) is 7.81. The quantitative estimate of drug-likeness (QED) is 0.571. The minimum atomic E-state index is 0.226. The van der Waals surface area contributed by atoms with Crippen LogP contribution < -0.4 is 4.74 Å². The summed E-state index contributed by atoms with van der Waals surface area (Å²) in [5.41, 5.74) is 1.96. The number of carbonyl (C=O) groups is 1. The van der Waals surface area contributed by atoms with Crippen molar-refractivity contribution in [3.05, 3.63) is 29.3 Å². The van der Waals surface area contributed by atoms with Crippen LogP contribution in [0.5, 0.6) is 5.75 Å². The van der Waals surface area contributed by atoms with Crippen molar-refractivity contribution in [2.24, 2.45) is 0 Å². The summed E-state index contributed by atoms with van der Waals surface area (Å²) in [7, 11) is 0. The SMILES string of the molecule is C#CCCOc1ccc2c(c1)C(=O)CCC2. The first-order valence-corrected chi connectivity index (χ1v) is 5.53. The molecule has 1 aromatic carbocycles. The number of aryl methyl sites for hydroxylation is 1. The number of hydrogen-bond acceptors (Lipinski definition) is 2. The first kappa shape index (κ1) is 10.8. The molecule has 1 aromatic rings. The fourth-order valence-corrected chi connectivity index (χ4v) is 1.92. The largest absolute Gasteiger partial charge is 0.493 e. The third-order valence-electron chi connectivity index (χ3n) is 2.75. The highest BCUT2D eigenvalue weighted by Gasteiger charge is 2.17. The van der Waals surface area contributed by atoms with Gasteiger partial charge >= 0.3 is 0 Å². The summed E-state index contributed by atoms with van der Waals surface area (Å²) in [6.45, 7) is 0.503. The highest BCUT2D eigenvalue weighted by Crippen LogP contribution is 2.25. The first-order valence-electron chi connectivity index (χ1n) is 5.53. The van der Waals surface area contributed by atoms with E-state index < -0.39 is 0 Å². The normalized spacial score (nSPS) is 14.1. The molecule has 82 valence electrons. The van der Waals surface area contributed by atoms with Crippen molar-refractivity contribution in [1.82, 2.24) is 0 Å². The van der Waals surface area contributed by atoms with Gasteiger partial charge in [0, 0.05) is 18.4 Å². The number of benzene rings is 1. The molecule has 0 fully saturated rings. The van der Waals surface area contributed by atoms with Crippen LogP contribution in [0, 0.1) is 12.3 Å². The lowest BCUT2D eigenvalue weighted by atomic mass is 9.90. The topological polar surface area (TPSA) is 26.3 Å². The number of ether oxygens (including phenoxy) is 1. The van der Waals surface area contributed by atoms with Gasteiger partial charge in [-0.3, -0.25) is 4.79 Å². The monoisotopic (exact) mass is 214 g/mol. The highest BCUT2D eigenvalue weighted by atomic mass is 16.5. The molecule has 0 aromatic heterocycles. The zero-order valence-electron chi connectivity index (χ0n) is 9.16. The van der Waals surface area contributed by atoms with Gasteiger partial charge in [-0.05, 0) is 30.5 Å². The second kappa shape index (κ2) is 4.85. The molecule has 0 spiro atoms. The molecule has 0 amide bonds. The van der Waals surface area contributed by atoms with Gasteiger partial charge in [-0.15, -0.1) is 12.3 Å². The lowest BCUT2D eigenvalue weighted by Crippen LogP contribution is -2.11. The molecular weight excluding hydrogens is 200 g/mol. The van der Waals surface area contributed by atoms with Crippen molar-refractivity contribution in [1.29, 1.82) is 0 Å². The number of ketones is 1. The Morgan fingerprint density at radius 1 is 1.38 bits per heavy atom. The van der Waals surface area contributed by atoms with Crippen molar-refractivity contribution in [2.75, 3.05) is 6.61 Å². The summed E-state index contributed by atoms with van der Waals surface area (Å²) in [4.78, 5) is 11.7. The second-order valence-corrected chi connectivity index (χ2v) is 3.90. The summed E-state index contributed by atoms with van der Waals surface area (Å²) in [5.74, 6) is 3.48. The van der Waals surface area contributed by atoms with Crippen LogP contribution in [0.1, 0.15) is 35.2 Å². The number of rotatable bonds is 3. The van der Waals surface area contributed by atoms with Gasteiger partial charge in [0.15, 0.2) is 5.78 Å².